The maximum Gasteiger partial charge on any atom is 0.171 e. The molecule has 1 unspecified atom stereocenters. The Hall–Kier alpha value is -1.13. The van der Waals surface area contributed by atoms with Crippen LogP contribution in [0, 0.1) is 5.82 Å². The summed E-state index contributed by atoms with van der Waals surface area (Å²) >= 11 is 0. The second-order valence-electron chi connectivity index (χ2n) is 5.70. The summed E-state index contributed by atoms with van der Waals surface area (Å²) < 4.78 is 19.0. The fraction of sp³-hybridized carbons (Fsp3) is 0.571. The van der Waals surface area contributed by atoms with Gasteiger partial charge < -0.3 is 15.2 Å². The molecule has 0 aliphatic rings. The highest BCUT2D eigenvalue weighted by atomic mass is 19.1. The third-order valence-electron chi connectivity index (χ3n) is 2.73. The van der Waals surface area contributed by atoms with Crippen LogP contribution in [0.5, 0.6) is 5.75 Å². The fourth-order valence-corrected chi connectivity index (χ4v) is 1.62. The topological polar surface area (TPSA) is 41.5 Å². The van der Waals surface area contributed by atoms with E-state index in [-0.39, 0.29) is 23.4 Å². The van der Waals surface area contributed by atoms with E-state index in [0.29, 0.717) is 0 Å². The SMILES string of the molecule is COc1cccc(C(C)(O)CNC(C)(C)C)c1F. The average Bonchev–Trinajstić information content (AvgIpc) is 2.26. The highest BCUT2D eigenvalue weighted by Crippen LogP contribution is 2.28. The number of hydrogen-bond acceptors (Lipinski definition) is 3. The summed E-state index contributed by atoms with van der Waals surface area (Å²) in [6.45, 7) is 7.82. The van der Waals surface area contributed by atoms with Crippen molar-refractivity contribution in [3.05, 3.63) is 29.6 Å². The van der Waals surface area contributed by atoms with Crippen LogP contribution in [0.25, 0.3) is 0 Å². The molecule has 0 fully saturated rings. The molecule has 0 spiro atoms. The standard InChI is InChI=1S/C14H22FNO2/c1-13(2,3)16-9-14(4,17)10-7-6-8-11(18-5)12(10)15/h6-8,16-17H,9H2,1-5H3. The lowest BCUT2D eigenvalue weighted by molar-refractivity contribution is 0.0461. The molecule has 4 heteroatoms. The van der Waals surface area contributed by atoms with Crippen LogP contribution in [-0.2, 0) is 5.60 Å². The summed E-state index contributed by atoms with van der Waals surface area (Å²) in [6.07, 6.45) is 0. The first-order valence-corrected chi connectivity index (χ1v) is 5.98. The van der Waals surface area contributed by atoms with E-state index >= 15 is 0 Å². The number of rotatable bonds is 4. The van der Waals surface area contributed by atoms with Crippen molar-refractivity contribution < 1.29 is 14.2 Å². The molecule has 1 atom stereocenters. The van der Waals surface area contributed by atoms with E-state index in [1.54, 1.807) is 19.1 Å². The first-order chi connectivity index (χ1) is 8.17. The second kappa shape index (κ2) is 5.24. The molecule has 0 heterocycles. The predicted octanol–water partition coefficient (Wildman–Crippen LogP) is 2.43. The molecule has 18 heavy (non-hydrogen) atoms. The molecule has 1 rings (SSSR count). The Morgan fingerprint density at radius 2 is 1.89 bits per heavy atom. The highest BCUT2D eigenvalue weighted by Gasteiger charge is 2.29. The lowest BCUT2D eigenvalue weighted by Crippen LogP contribution is -2.45. The Labute approximate surface area is 108 Å². The Morgan fingerprint density at radius 3 is 2.39 bits per heavy atom. The van der Waals surface area contributed by atoms with Gasteiger partial charge in [0.1, 0.15) is 5.60 Å². The lowest BCUT2D eigenvalue weighted by Gasteiger charge is -2.30. The molecule has 0 radical (unpaired) electrons. The minimum atomic E-state index is -1.29. The fourth-order valence-electron chi connectivity index (χ4n) is 1.62. The Morgan fingerprint density at radius 1 is 1.28 bits per heavy atom. The molecule has 1 aromatic carbocycles. The summed E-state index contributed by atoms with van der Waals surface area (Å²) in [5, 5.41) is 13.6. The maximum absolute atomic E-state index is 14.1. The number of benzene rings is 1. The van der Waals surface area contributed by atoms with Gasteiger partial charge in [0.2, 0.25) is 0 Å². The highest BCUT2D eigenvalue weighted by molar-refractivity contribution is 5.34. The molecule has 1 aromatic rings. The van der Waals surface area contributed by atoms with Crippen LogP contribution in [-0.4, -0.2) is 24.3 Å². The second-order valence-corrected chi connectivity index (χ2v) is 5.70. The molecule has 102 valence electrons. The maximum atomic E-state index is 14.1. The van der Waals surface area contributed by atoms with Crippen molar-refractivity contribution in [2.75, 3.05) is 13.7 Å². The summed E-state index contributed by atoms with van der Waals surface area (Å²) in [5.74, 6) is -0.371. The molecule has 0 bridgehead atoms. The van der Waals surface area contributed by atoms with Gasteiger partial charge >= 0.3 is 0 Å². The van der Waals surface area contributed by atoms with Crippen molar-refractivity contribution in [1.82, 2.24) is 5.32 Å². The third kappa shape index (κ3) is 3.68. The number of β-amino-alcohol motifs (C(OH)–C–C–N with tert-alkyl or cyclic N) is 1. The van der Waals surface area contributed by atoms with Crippen LogP contribution in [0.3, 0.4) is 0 Å². The van der Waals surface area contributed by atoms with Crippen LogP contribution in [0.4, 0.5) is 4.39 Å². The number of methoxy groups -OCH3 is 1. The molecular formula is C14H22FNO2. The van der Waals surface area contributed by atoms with Crippen molar-refractivity contribution in [3.8, 4) is 5.75 Å². The van der Waals surface area contributed by atoms with Crippen LogP contribution in [0.1, 0.15) is 33.3 Å². The number of nitrogens with one attached hydrogen (secondary N) is 1. The molecule has 0 aliphatic heterocycles. The zero-order chi connectivity index (χ0) is 14.0. The molecule has 2 N–H and O–H groups in total. The molecule has 0 saturated carbocycles. The van der Waals surface area contributed by atoms with E-state index in [9.17, 15) is 9.50 Å². The van der Waals surface area contributed by atoms with E-state index in [2.05, 4.69) is 5.32 Å². The van der Waals surface area contributed by atoms with Gasteiger partial charge in [-0.3, -0.25) is 0 Å². The lowest BCUT2D eigenvalue weighted by atomic mass is 9.94. The van der Waals surface area contributed by atoms with Crippen LogP contribution in [0.2, 0.25) is 0 Å². The largest absolute Gasteiger partial charge is 0.494 e. The van der Waals surface area contributed by atoms with E-state index in [0.717, 1.165) is 0 Å². The molecule has 0 amide bonds. The Bertz CT molecular complexity index is 411. The Balaban J connectivity index is 2.97. The van der Waals surface area contributed by atoms with Crippen molar-refractivity contribution in [2.24, 2.45) is 0 Å². The molecular weight excluding hydrogens is 233 g/mol. The summed E-state index contributed by atoms with van der Waals surface area (Å²) in [4.78, 5) is 0. The van der Waals surface area contributed by atoms with E-state index < -0.39 is 11.4 Å². The minimum absolute atomic E-state index is 0.140. The summed E-state index contributed by atoms with van der Waals surface area (Å²) in [6, 6.07) is 4.77. The zero-order valence-electron chi connectivity index (χ0n) is 11.7. The van der Waals surface area contributed by atoms with Gasteiger partial charge in [0.15, 0.2) is 11.6 Å². The van der Waals surface area contributed by atoms with Gasteiger partial charge in [0.25, 0.3) is 0 Å². The third-order valence-corrected chi connectivity index (χ3v) is 2.73. The van der Waals surface area contributed by atoms with E-state index in [4.69, 9.17) is 4.74 Å². The quantitative estimate of drug-likeness (QED) is 0.868. The van der Waals surface area contributed by atoms with Crippen LogP contribution >= 0.6 is 0 Å². The van der Waals surface area contributed by atoms with Crippen molar-refractivity contribution in [3.63, 3.8) is 0 Å². The zero-order valence-corrected chi connectivity index (χ0v) is 11.7. The normalized spacial score (nSPS) is 15.3. The summed E-state index contributed by atoms with van der Waals surface area (Å²) in [5.41, 5.74) is -1.19. The number of hydrogen-bond donors (Lipinski definition) is 2. The van der Waals surface area contributed by atoms with Crippen molar-refractivity contribution in [2.45, 2.75) is 38.8 Å². The molecule has 0 saturated heterocycles. The van der Waals surface area contributed by atoms with Crippen molar-refractivity contribution in [1.29, 1.82) is 0 Å². The minimum Gasteiger partial charge on any atom is -0.494 e. The van der Waals surface area contributed by atoms with Gasteiger partial charge in [0.05, 0.1) is 7.11 Å². The van der Waals surface area contributed by atoms with E-state index in [1.165, 1.54) is 13.2 Å². The smallest absolute Gasteiger partial charge is 0.171 e. The monoisotopic (exact) mass is 255 g/mol. The van der Waals surface area contributed by atoms with Gasteiger partial charge in [-0.15, -0.1) is 0 Å². The van der Waals surface area contributed by atoms with E-state index in [1.807, 2.05) is 20.8 Å². The van der Waals surface area contributed by atoms with Crippen LogP contribution in [0.15, 0.2) is 18.2 Å². The van der Waals surface area contributed by atoms with Gasteiger partial charge in [-0.05, 0) is 33.8 Å². The predicted molar refractivity (Wildman–Crippen MR) is 70.3 cm³/mol. The van der Waals surface area contributed by atoms with Gasteiger partial charge in [-0.25, -0.2) is 4.39 Å². The van der Waals surface area contributed by atoms with Gasteiger partial charge in [0, 0.05) is 17.6 Å². The number of ether oxygens (including phenoxy) is 1. The number of aliphatic hydroxyl groups is 1. The molecule has 3 nitrogen and oxygen atoms in total. The average molecular weight is 255 g/mol. The first kappa shape index (κ1) is 14.9. The Kier molecular flexibility index (Phi) is 4.35. The van der Waals surface area contributed by atoms with Crippen LogP contribution < -0.4 is 10.1 Å². The van der Waals surface area contributed by atoms with Gasteiger partial charge in [-0.1, -0.05) is 12.1 Å². The molecule has 0 aromatic heterocycles. The van der Waals surface area contributed by atoms with Crippen molar-refractivity contribution >= 4 is 0 Å². The first-order valence-electron chi connectivity index (χ1n) is 5.98. The van der Waals surface area contributed by atoms with Gasteiger partial charge in [-0.2, -0.15) is 0 Å². The summed E-state index contributed by atoms with van der Waals surface area (Å²) in [7, 11) is 1.41. The number of halogens is 1. The molecule has 0 aliphatic carbocycles.